The van der Waals surface area contributed by atoms with Crippen molar-refractivity contribution < 1.29 is 27.5 Å². The molecule has 172 valence electrons. The molecule has 0 radical (unpaired) electrons. The lowest BCUT2D eigenvalue weighted by Gasteiger charge is -2.31. The van der Waals surface area contributed by atoms with Crippen molar-refractivity contribution in [1.82, 2.24) is 9.88 Å². The molecule has 33 heavy (non-hydrogen) atoms. The van der Waals surface area contributed by atoms with Crippen LogP contribution in [0.2, 0.25) is 0 Å². The standard InChI is InChI=1S/C24H22F3N3O3/c1-15-20(16-5-6-22(31)21(12-16)30-7-9-33-10-8-30)13-19(14-28-15)29-23(32)17-3-2-4-18(11-17)24(25,26)27/h2-5,11-14H,6-10H2,1H3,(H,29,32). The number of halogens is 3. The number of ether oxygens (including phenoxy) is 1. The summed E-state index contributed by atoms with van der Waals surface area (Å²) in [6.07, 6.45) is 0.794. The number of anilines is 1. The van der Waals surface area contributed by atoms with Gasteiger partial charge in [0.15, 0.2) is 5.78 Å². The van der Waals surface area contributed by atoms with E-state index in [0.717, 1.165) is 23.3 Å². The van der Waals surface area contributed by atoms with Crippen LogP contribution in [0.3, 0.4) is 0 Å². The van der Waals surface area contributed by atoms with E-state index >= 15 is 0 Å². The van der Waals surface area contributed by atoms with E-state index < -0.39 is 17.6 Å². The molecule has 2 heterocycles. The maximum absolute atomic E-state index is 13.0. The number of allylic oxidation sites excluding steroid dienone is 4. The molecule has 1 fully saturated rings. The first-order valence-corrected chi connectivity index (χ1v) is 10.5. The van der Waals surface area contributed by atoms with Crippen molar-refractivity contribution in [2.75, 3.05) is 31.6 Å². The molecule has 9 heteroatoms. The van der Waals surface area contributed by atoms with Gasteiger partial charge in [0.05, 0.1) is 36.4 Å². The lowest BCUT2D eigenvalue weighted by atomic mass is 9.95. The van der Waals surface area contributed by atoms with Crippen LogP contribution >= 0.6 is 0 Å². The van der Waals surface area contributed by atoms with Crippen LogP contribution in [-0.2, 0) is 15.7 Å². The fourth-order valence-corrected chi connectivity index (χ4v) is 3.79. The Morgan fingerprint density at radius 1 is 1.18 bits per heavy atom. The molecule has 1 saturated heterocycles. The van der Waals surface area contributed by atoms with Crippen LogP contribution in [0.15, 0.2) is 54.4 Å². The quantitative estimate of drug-likeness (QED) is 0.744. The number of hydrogen-bond acceptors (Lipinski definition) is 5. The van der Waals surface area contributed by atoms with Gasteiger partial charge in [-0.1, -0.05) is 12.1 Å². The van der Waals surface area contributed by atoms with Crippen molar-refractivity contribution in [3.8, 4) is 0 Å². The van der Waals surface area contributed by atoms with E-state index in [4.69, 9.17) is 4.74 Å². The smallest absolute Gasteiger partial charge is 0.378 e. The summed E-state index contributed by atoms with van der Waals surface area (Å²) in [5.74, 6) is -0.643. The maximum Gasteiger partial charge on any atom is 0.416 e. The number of morpholine rings is 1. The second-order valence-corrected chi connectivity index (χ2v) is 7.81. The van der Waals surface area contributed by atoms with Crippen LogP contribution in [0.5, 0.6) is 0 Å². The molecule has 2 aromatic rings. The van der Waals surface area contributed by atoms with Crippen molar-refractivity contribution in [2.24, 2.45) is 0 Å². The number of ketones is 1. The van der Waals surface area contributed by atoms with Gasteiger partial charge >= 0.3 is 6.18 Å². The normalized spacial score (nSPS) is 16.8. The zero-order chi connectivity index (χ0) is 23.6. The van der Waals surface area contributed by atoms with Crippen molar-refractivity contribution >= 4 is 23.0 Å². The van der Waals surface area contributed by atoms with Crippen LogP contribution in [0, 0.1) is 6.92 Å². The predicted molar refractivity (Wildman–Crippen MR) is 116 cm³/mol. The summed E-state index contributed by atoms with van der Waals surface area (Å²) in [7, 11) is 0. The number of aryl methyl sites for hydroxylation is 1. The van der Waals surface area contributed by atoms with Crippen LogP contribution in [0.4, 0.5) is 18.9 Å². The van der Waals surface area contributed by atoms with Gasteiger partial charge in [-0.15, -0.1) is 0 Å². The number of rotatable bonds is 4. The zero-order valence-corrected chi connectivity index (χ0v) is 17.9. The number of alkyl halides is 3. The molecular weight excluding hydrogens is 435 g/mol. The molecule has 1 amide bonds. The van der Waals surface area contributed by atoms with E-state index in [-0.39, 0.29) is 17.8 Å². The van der Waals surface area contributed by atoms with Gasteiger partial charge < -0.3 is 15.0 Å². The SMILES string of the molecule is Cc1ncc(NC(=O)c2cccc(C(F)(F)F)c2)cc1C1=CCC(=O)C(N2CCOCC2)=C1. The molecular formula is C24H22F3N3O3. The number of amides is 1. The minimum absolute atomic E-state index is 0.0280. The Balaban J connectivity index is 1.58. The van der Waals surface area contributed by atoms with E-state index in [0.29, 0.717) is 43.4 Å². The first kappa shape index (κ1) is 22.7. The summed E-state index contributed by atoms with van der Waals surface area (Å²) in [6.45, 7) is 4.19. The molecule has 0 bridgehead atoms. The first-order valence-electron chi connectivity index (χ1n) is 10.5. The fourth-order valence-electron chi connectivity index (χ4n) is 3.79. The van der Waals surface area contributed by atoms with Crippen LogP contribution in [0.25, 0.3) is 5.57 Å². The molecule has 1 aliphatic carbocycles. The van der Waals surface area contributed by atoms with E-state index in [9.17, 15) is 22.8 Å². The number of aromatic nitrogens is 1. The summed E-state index contributed by atoms with van der Waals surface area (Å²) in [6, 6.07) is 5.95. The van der Waals surface area contributed by atoms with Gasteiger partial charge in [0.25, 0.3) is 5.91 Å². The predicted octanol–water partition coefficient (Wildman–Crippen LogP) is 4.23. The molecule has 0 saturated carbocycles. The number of Topliss-reactive ketones (excluding diaryl/α,β-unsaturated/α-hetero) is 1. The van der Waals surface area contributed by atoms with E-state index in [1.165, 1.54) is 18.3 Å². The minimum Gasteiger partial charge on any atom is -0.378 e. The van der Waals surface area contributed by atoms with Gasteiger partial charge in [0.2, 0.25) is 0 Å². The lowest BCUT2D eigenvalue weighted by molar-refractivity contribution is -0.137. The molecule has 1 aromatic heterocycles. The molecule has 0 unspecified atom stereocenters. The number of nitrogens with one attached hydrogen (secondary N) is 1. The lowest BCUT2D eigenvalue weighted by Crippen LogP contribution is -2.38. The number of benzene rings is 1. The molecule has 0 atom stereocenters. The largest absolute Gasteiger partial charge is 0.416 e. The Labute approximate surface area is 188 Å². The summed E-state index contributed by atoms with van der Waals surface area (Å²) >= 11 is 0. The number of nitrogens with zero attached hydrogens (tertiary/aromatic N) is 2. The number of hydrogen-bond donors (Lipinski definition) is 1. The van der Waals surface area contributed by atoms with Crippen LogP contribution in [-0.4, -0.2) is 47.9 Å². The van der Waals surface area contributed by atoms with Crippen LogP contribution in [0.1, 0.15) is 33.6 Å². The third-order valence-corrected chi connectivity index (χ3v) is 5.54. The number of pyridine rings is 1. The minimum atomic E-state index is -4.54. The highest BCUT2D eigenvalue weighted by molar-refractivity contribution is 6.05. The van der Waals surface area contributed by atoms with E-state index in [2.05, 4.69) is 10.3 Å². The highest BCUT2D eigenvalue weighted by Crippen LogP contribution is 2.31. The Morgan fingerprint density at radius 3 is 2.67 bits per heavy atom. The Hall–Kier alpha value is -3.46. The van der Waals surface area contributed by atoms with Gasteiger partial charge in [0, 0.05) is 36.3 Å². The highest BCUT2D eigenvalue weighted by Gasteiger charge is 2.31. The molecule has 4 rings (SSSR count). The van der Waals surface area contributed by atoms with Gasteiger partial charge in [0.1, 0.15) is 0 Å². The second-order valence-electron chi connectivity index (χ2n) is 7.81. The summed E-state index contributed by atoms with van der Waals surface area (Å²) < 4.78 is 44.3. The molecule has 1 aromatic carbocycles. The van der Waals surface area contributed by atoms with Crippen molar-refractivity contribution in [1.29, 1.82) is 0 Å². The fraction of sp³-hybridized carbons (Fsp3) is 0.292. The second kappa shape index (κ2) is 9.19. The third-order valence-electron chi connectivity index (χ3n) is 5.54. The number of carbonyl (C=O) groups is 2. The summed E-state index contributed by atoms with van der Waals surface area (Å²) in [5.41, 5.74) is 2.20. The maximum atomic E-state index is 13.0. The van der Waals surface area contributed by atoms with E-state index in [1.807, 2.05) is 24.0 Å². The molecule has 1 aliphatic heterocycles. The average molecular weight is 457 g/mol. The molecule has 6 nitrogen and oxygen atoms in total. The van der Waals surface area contributed by atoms with E-state index in [1.54, 1.807) is 6.07 Å². The van der Waals surface area contributed by atoms with Gasteiger partial charge in [-0.2, -0.15) is 13.2 Å². The highest BCUT2D eigenvalue weighted by atomic mass is 19.4. The van der Waals surface area contributed by atoms with Gasteiger partial charge in [-0.25, -0.2) is 0 Å². The summed E-state index contributed by atoms with van der Waals surface area (Å²) in [4.78, 5) is 31.4. The zero-order valence-electron chi connectivity index (χ0n) is 17.9. The monoisotopic (exact) mass is 457 g/mol. The average Bonchev–Trinajstić information content (AvgIpc) is 2.81. The van der Waals surface area contributed by atoms with Gasteiger partial charge in [-0.3, -0.25) is 14.6 Å². The van der Waals surface area contributed by atoms with Gasteiger partial charge in [-0.05, 0) is 42.8 Å². The summed E-state index contributed by atoms with van der Waals surface area (Å²) in [5, 5.41) is 2.62. The molecule has 0 spiro atoms. The van der Waals surface area contributed by atoms with Crippen LogP contribution < -0.4 is 5.32 Å². The topological polar surface area (TPSA) is 71.5 Å². The molecule has 2 aliphatic rings. The van der Waals surface area contributed by atoms with Crippen molar-refractivity contribution in [3.05, 3.63) is 76.8 Å². The Kier molecular flexibility index (Phi) is 6.33. The first-order chi connectivity index (χ1) is 15.7. The van der Waals surface area contributed by atoms with Crippen molar-refractivity contribution in [2.45, 2.75) is 19.5 Å². The molecule has 1 N–H and O–H groups in total. The number of carbonyl (C=O) groups excluding carboxylic acids is 2. The van der Waals surface area contributed by atoms with Crippen molar-refractivity contribution in [3.63, 3.8) is 0 Å². The Morgan fingerprint density at radius 2 is 1.94 bits per heavy atom. The Bertz CT molecular complexity index is 1150. The third kappa shape index (κ3) is 5.14.